The van der Waals surface area contributed by atoms with Crippen LogP contribution in [0.4, 0.5) is 0 Å². The summed E-state index contributed by atoms with van der Waals surface area (Å²) in [5.74, 6) is 1.81. The van der Waals surface area contributed by atoms with Gasteiger partial charge in [-0.05, 0) is 18.4 Å². The van der Waals surface area contributed by atoms with Crippen LogP contribution >= 0.6 is 35.7 Å². The van der Waals surface area contributed by atoms with Gasteiger partial charge in [0, 0.05) is 25.9 Å². The van der Waals surface area contributed by atoms with Gasteiger partial charge in [0.25, 0.3) is 0 Å². The van der Waals surface area contributed by atoms with Gasteiger partial charge in [-0.3, -0.25) is 4.99 Å². The molecule has 1 aromatic rings. The van der Waals surface area contributed by atoms with Crippen molar-refractivity contribution in [2.24, 2.45) is 4.99 Å². The van der Waals surface area contributed by atoms with Crippen LogP contribution in [0.5, 0.6) is 5.75 Å². The van der Waals surface area contributed by atoms with E-state index in [4.69, 9.17) is 4.74 Å². The first-order valence-electron chi connectivity index (χ1n) is 6.79. The molecule has 1 atom stereocenters. The first-order valence-corrected chi connectivity index (χ1v) is 8.08. The molecule has 0 aliphatic rings. The summed E-state index contributed by atoms with van der Waals surface area (Å²) in [6, 6.07) is 9.87. The molecule has 4 nitrogen and oxygen atoms in total. The van der Waals surface area contributed by atoms with E-state index in [-0.39, 0.29) is 24.0 Å². The smallest absolute Gasteiger partial charge is 0.193 e. The molecule has 0 heterocycles. The van der Waals surface area contributed by atoms with E-state index in [0.29, 0.717) is 11.9 Å². The van der Waals surface area contributed by atoms with Crippen LogP contribution in [0.3, 0.4) is 0 Å². The predicted octanol–water partition coefficient (Wildman–Crippen LogP) is 2.94. The summed E-state index contributed by atoms with van der Waals surface area (Å²) in [6.07, 6.45) is 2.12. The minimum Gasteiger partial charge on any atom is -0.492 e. The summed E-state index contributed by atoms with van der Waals surface area (Å²) < 4.78 is 5.69. The molecule has 6 heteroatoms. The zero-order valence-electron chi connectivity index (χ0n) is 13.2. The fourth-order valence-electron chi connectivity index (χ4n) is 1.63. The number of hydrogen-bond acceptors (Lipinski definition) is 3. The number of thioether (sulfide) groups is 1. The van der Waals surface area contributed by atoms with E-state index in [0.717, 1.165) is 24.8 Å². The summed E-state index contributed by atoms with van der Waals surface area (Å²) in [5, 5.41) is 3.94. The van der Waals surface area contributed by atoms with Crippen LogP contribution in [0.25, 0.3) is 0 Å². The number of nitrogens with zero attached hydrogens (tertiary/aromatic N) is 2. The quantitative estimate of drug-likeness (QED) is 0.416. The van der Waals surface area contributed by atoms with E-state index in [1.807, 2.05) is 49.1 Å². The highest BCUT2D eigenvalue weighted by atomic mass is 127. The monoisotopic (exact) mass is 423 g/mol. The van der Waals surface area contributed by atoms with Gasteiger partial charge >= 0.3 is 0 Å². The number of nitrogens with one attached hydrogen (secondary N) is 1. The molecule has 0 aliphatic heterocycles. The van der Waals surface area contributed by atoms with Crippen molar-refractivity contribution in [3.8, 4) is 5.75 Å². The van der Waals surface area contributed by atoms with E-state index in [9.17, 15) is 0 Å². The molecule has 0 spiro atoms. The summed E-state index contributed by atoms with van der Waals surface area (Å²) >= 11 is 1.84. The van der Waals surface area contributed by atoms with Gasteiger partial charge in [-0.15, -0.1) is 24.0 Å². The van der Waals surface area contributed by atoms with Gasteiger partial charge in [-0.2, -0.15) is 11.8 Å². The molecule has 0 fully saturated rings. The Bertz CT molecular complexity index is 403. The highest BCUT2D eigenvalue weighted by molar-refractivity contribution is 14.0. The summed E-state index contributed by atoms with van der Waals surface area (Å²) in [7, 11) is 3.83. The fraction of sp³-hybridized carbons (Fsp3) is 0.533. The van der Waals surface area contributed by atoms with Gasteiger partial charge in [-0.25, -0.2) is 0 Å². The SMILES string of the molecule is CN=C(NCC(C)SC)N(C)CCOc1ccccc1.I. The maximum absolute atomic E-state index is 5.69. The topological polar surface area (TPSA) is 36.9 Å². The Hall–Kier alpha value is -0.630. The first kappa shape index (κ1) is 20.4. The van der Waals surface area contributed by atoms with Crippen LogP contribution in [0, 0.1) is 0 Å². The van der Waals surface area contributed by atoms with Crippen LogP contribution in [0.15, 0.2) is 35.3 Å². The Morgan fingerprint density at radius 1 is 1.38 bits per heavy atom. The highest BCUT2D eigenvalue weighted by Gasteiger charge is 2.07. The van der Waals surface area contributed by atoms with Crippen molar-refractivity contribution in [1.82, 2.24) is 10.2 Å². The van der Waals surface area contributed by atoms with Gasteiger partial charge in [0.2, 0.25) is 0 Å². The third-order valence-corrected chi connectivity index (χ3v) is 3.93. The number of rotatable bonds is 7. The molecule has 0 saturated carbocycles. The van der Waals surface area contributed by atoms with Crippen molar-refractivity contribution < 1.29 is 4.74 Å². The number of hydrogen-bond donors (Lipinski definition) is 1. The van der Waals surface area contributed by atoms with Gasteiger partial charge < -0.3 is 15.0 Å². The lowest BCUT2D eigenvalue weighted by Gasteiger charge is -2.23. The Labute approximate surface area is 149 Å². The Morgan fingerprint density at radius 3 is 2.62 bits per heavy atom. The van der Waals surface area contributed by atoms with Crippen molar-refractivity contribution in [2.75, 3.05) is 40.0 Å². The van der Waals surface area contributed by atoms with Crippen LogP contribution < -0.4 is 10.1 Å². The fourth-order valence-corrected chi connectivity index (χ4v) is 1.88. The average Bonchev–Trinajstić information content (AvgIpc) is 2.48. The van der Waals surface area contributed by atoms with Crippen LogP contribution in [-0.4, -0.2) is 56.2 Å². The van der Waals surface area contributed by atoms with Gasteiger partial charge in [0.15, 0.2) is 5.96 Å². The Morgan fingerprint density at radius 2 is 2.05 bits per heavy atom. The molecule has 1 aromatic carbocycles. The number of benzene rings is 1. The number of halogens is 1. The molecule has 1 rings (SSSR count). The molecule has 0 amide bonds. The summed E-state index contributed by atoms with van der Waals surface area (Å²) in [4.78, 5) is 6.37. The summed E-state index contributed by atoms with van der Waals surface area (Å²) in [5.41, 5.74) is 0. The maximum atomic E-state index is 5.69. The molecule has 0 radical (unpaired) electrons. The maximum Gasteiger partial charge on any atom is 0.193 e. The first-order chi connectivity index (χ1) is 9.67. The second kappa shape index (κ2) is 12.0. The van der Waals surface area contributed by atoms with Crippen LogP contribution in [0.1, 0.15) is 6.92 Å². The van der Waals surface area contributed by atoms with Crippen LogP contribution in [0.2, 0.25) is 0 Å². The van der Waals surface area contributed by atoms with Crippen molar-refractivity contribution in [3.05, 3.63) is 30.3 Å². The van der Waals surface area contributed by atoms with E-state index in [1.54, 1.807) is 7.05 Å². The van der Waals surface area contributed by atoms with E-state index < -0.39 is 0 Å². The Balaban J connectivity index is 0.00000400. The number of ether oxygens (including phenoxy) is 1. The number of likely N-dealkylation sites (N-methyl/N-ethyl adjacent to an activating group) is 1. The third-order valence-electron chi connectivity index (χ3n) is 2.96. The van der Waals surface area contributed by atoms with Crippen molar-refractivity contribution in [2.45, 2.75) is 12.2 Å². The van der Waals surface area contributed by atoms with Crippen molar-refractivity contribution >= 4 is 41.7 Å². The highest BCUT2D eigenvalue weighted by Crippen LogP contribution is 2.08. The molecule has 120 valence electrons. The molecule has 1 unspecified atom stereocenters. The second-order valence-electron chi connectivity index (χ2n) is 4.56. The number of aliphatic imine (C=N–C) groups is 1. The van der Waals surface area contributed by atoms with Crippen molar-refractivity contribution in [1.29, 1.82) is 0 Å². The minimum absolute atomic E-state index is 0. The lowest BCUT2D eigenvalue weighted by molar-refractivity contribution is 0.281. The third kappa shape index (κ3) is 8.40. The molecular formula is C15H26IN3OS. The van der Waals surface area contributed by atoms with E-state index in [1.165, 1.54) is 0 Å². The number of para-hydroxylation sites is 1. The molecule has 0 saturated heterocycles. The molecule has 0 bridgehead atoms. The largest absolute Gasteiger partial charge is 0.492 e. The van der Waals surface area contributed by atoms with Gasteiger partial charge in [0.05, 0.1) is 6.54 Å². The molecule has 0 aromatic heterocycles. The average molecular weight is 423 g/mol. The van der Waals surface area contributed by atoms with Crippen LogP contribution in [-0.2, 0) is 0 Å². The molecule has 1 N–H and O–H groups in total. The predicted molar refractivity (Wildman–Crippen MR) is 104 cm³/mol. The van der Waals surface area contributed by atoms with Gasteiger partial charge in [0.1, 0.15) is 12.4 Å². The normalized spacial score (nSPS) is 12.3. The second-order valence-corrected chi connectivity index (χ2v) is 5.83. The number of guanidine groups is 1. The van der Waals surface area contributed by atoms with Gasteiger partial charge in [-0.1, -0.05) is 25.1 Å². The standard InChI is InChI=1S/C15H25N3OS.HI/c1-13(20-4)12-17-15(16-2)18(3)10-11-19-14-8-6-5-7-9-14;/h5-9,13H,10-12H2,1-4H3,(H,16,17);1H. The van der Waals surface area contributed by atoms with E-state index >= 15 is 0 Å². The molecule has 21 heavy (non-hydrogen) atoms. The lowest BCUT2D eigenvalue weighted by atomic mass is 10.3. The summed E-state index contributed by atoms with van der Waals surface area (Å²) in [6.45, 7) is 4.54. The zero-order chi connectivity index (χ0) is 14.8. The minimum atomic E-state index is 0. The van der Waals surface area contributed by atoms with E-state index in [2.05, 4.69) is 28.4 Å². The zero-order valence-corrected chi connectivity index (χ0v) is 16.4. The Kier molecular flexibility index (Phi) is 11.6. The van der Waals surface area contributed by atoms with Crippen molar-refractivity contribution in [3.63, 3.8) is 0 Å². The molecule has 0 aliphatic carbocycles. The lowest BCUT2D eigenvalue weighted by Crippen LogP contribution is -2.42. The molecular weight excluding hydrogens is 397 g/mol.